The first-order chi connectivity index (χ1) is 11.7. The standard InChI is InChI=1S/C18H19N3O3/c1-24-18-6-5-13(9-21-10-16(11-22)19-12-21)7-17(18)14-3-2-4-15(8-14)20-23/h2-8,10,12,20,22-23H,9,11H2,1H3. The lowest BCUT2D eigenvalue weighted by Gasteiger charge is -2.12. The molecule has 0 aliphatic carbocycles. The summed E-state index contributed by atoms with van der Waals surface area (Å²) in [6, 6.07) is 13.4. The van der Waals surface area contributed by atoms with E-state index in [-0.39, 0.29) is 6.61 Å². The van der Waals surface area contributed by atoms with Crippen LogP contribution in [0.4, 0.5) is 5.69 Å². The topological polar surface area (TPSA) is 79.5 Å². The fourth-order valence-electron chi connectivity index (χ4n) is 2.62. The normalized spacial score (nSPS) is 10.6. The molecule has 2 aromatic carbocycles. The number of hydrogen-bond donors (Lipinski definition) is 3. The van der Waals surface area contributed by atoms with Crippen molar-refractivity contribution in [2.24, 2.45) is 0 Å². The quantitative estimate of drug-likeness (QED) is 0.607. The predicted molar refractivity (Wildman–Crippen MR) is 91.1 cm³/mol. The molecule has 3 aromatic rings. The van der Waals surface area contributed by atoms with E-state index >= 15 is 0 Å². The predicted octanol–water partition coefficient (Wildman–Crippen LogP) is 2.90. The lowest BCUT2D eigenvalue weighted by molar-refractivity contribution is 0.277. The average molecular weight is 325 g/mol. The fourth-order valence-corrected chi connectivity index (χ4v) is 2.62. The largest absolute Gasteiger partial charge is 0.496 e. The van der Waals surface area contributed by atoms with Gasteiger partial charge in [-0.3, -0.25) is 10.7 Å². The van der Waals surface area contributed by atoms with Crippen LogP contribution < -0.4 is 10.2 Å². The van der Waals surface area contributed by atoms with Crippen molar-refractivity contribution in [3.63, 3.8) is 0 Å². The van der Waals surface area contributed by atoms with E-state index in [0.717, 1.165) is 22.4 Å². The number of methoxy groups -OCH3 is 1. The summed E-state index contributed by atoms with van der Waals surface area (Å²) in [4.78, 5) is 4.12. The van der Waals surface area contributed by atoms with Crippen molar-refractivity contribution in [2.75, 3.05) is 12.6 Å². The molecule has 0 spiro atoms. The molecule has 6 heteroatoms. The van der Waals surface area contributed by atoms with Gasteiger partial charge < -0.3 is 14.4 Å². The van der Waals surface area contributed by atoms with Crippen LogP contribution in [0.25, 0.3) is 11.1 Å². The van der Waals surface area contributed by atoms with E-state index in [2.05, 4.69) is 10.5 Å². The lowest BCUT2D eigenvalue weighted by Crippen LogP contribution is -1.98. The highest BCUT2D eigenvalue weighted by atomic mass is 16.5. The molecule has 1 aromatic heterocycles. The molecule has 1 heterocycles. The Morgan fingerprint density at radius 1 is 1.21 bits per heavy atom. The number of hydrogen-bond acceptors (Lipinski definition) is 5. The Balaban J connectivity index is 1.95. The van der Waals surface area contributed by atoms with Gasteiger partial charge in [0.2, 0.25) is 0 Å². The van der Waals surface area contributed by atoms with E-state index < -0.39 is 0 Å². The minimum atomic E-state index is -0.0676. The van der Waals surface area contributed by atoms with Gasteiger partial charge in [0, 0.05) is 18.3 Å². The molecule has 0 saturated carbocycles. The van der Waals surface area contributed by atoms with Crippen molar-refractivity contribution in [1.29, 1.82) is 0 Å². The molecule has 0 radical (unpaired) electrons. The molecular weight excluding hydrogens is 306 g/mol. The van der Waals surface area contributed by atoms with Crippen LogP contribution in [-0.2, 0) is 13.2 Å². The second kappa shape index (κ2) is 7.16. The van der Waals surface area contributed by atoms with Crippen LogP contribution in [0, 0.1) is 0 Å². The first-order valence-electron chi connectivity index (χ1n) is 7.52. The Kier molecular flexibility index (Phi) is 4.79. The van der Waals surface area contributed by atoms with Crippen molar-refractivity contribution in [1.82, 2.24) is 9.55 Å². The molecular formula is C18H19N3O3. The zero-order valence-electron chi connectivity index (χ0n) is 13.3. The highest BCUT2D eigenvalue weighted by Gasteiger charge is 2.09. The summed E-state index contributed by atoms with van der Waals surface area (Å²) in [6.07, 6.45) is 3.52. The second-order valence-corrected chi connectivity index (χ2v) is 5.42. The Hall–Kier alpha value is -2.83. The van der Waals surface area contributed by atoms with E-state index in [1.807, 2.05) is 47.2 Å². The monoisotopic (exact) mass is 325 g/mol. The summed E-state index contributed by atoms with van der Waals surface area (Å²) < 4.78 is 7.38. The van der Waals surface area contributed by atoms with Crippen molar-refractivity contribution in [3.8, 4) is 16.9 Å². The molecule has 0 fully saturated rings. The summed E-state index contributed by atoms with van der Waals surface area (Å²) in [5, 5.41) is 18.2. The summed E-state index contributed by atoms with van der Waals surface area (Å²) >= 11 is 0. The third-order valence-corrected chi connectivity index (χ3v) is 3.78. The first-order valence-corrected chi connectivity index (χ1v) is 7.52. The summed E-state index contributed by atoms with van der Waals surface area (Å²) in [6.45, 7) is 0.573. The number of anilines is 1. The number of nitrogens with zero attached hydrogens (tertiary/aromatic N) is 2. The molecule has 24 heavy (non-hydrogen) atoms. The van der Waals surface area contributed by atoms with Crippen LogP contribution >= 0.6 is 0 Å². The van der Waals surface area contributed by atoms with Crippen LogP contribution in [0.5, 0.6) is 5.75 Å². The van der Waals surface area contributed by atoms with E-state index in [0.29, 0.717) is 17.9 Å². The Labute approximate surface area is 139 Å². The summed E-state index contributed by atoms with van der Waals surface area (Å²) in [7, 11) is 1.63. The minimum absolute atomic E-state index is 0.0676. The van der Waals surface area contributed by atoms with Gasteiger partial charge in [-0.2, -0.15) is 0 Å². The maximum absolute atomic E-state index is 9.11. The third kappa shape index (κ3) is 3.40. The molecule has 0 atom stereocenters. The Bertz CT molecular complexity index is 830. The molecule has 124 valence electrons. The van der Waals surface area contributed by atoms with Crippen LogP contribution in [0.1, 0.15) is 11.3 Å². The van der Waals surface area contributed by atoms with Crippen molar-refractivity contribution in [3.05, 3.63) is 66.2 Å². The van der Waals surface area contributed by atoms with Crippen molar-refractivity contribution < 1.29 is 15.1 Å². The number of benzene rings is 2. The number of aromatic nitrogens is 2. The fraction of sp³-hybridized carbons (Fsp3) is 0.167. The Morgan fingerprint density at radius 2 is 2.08 bits per heavy atom. The van der Waals surface area contributed by atoms with Gasteiger partial charge in [-0.05, 0) is 35.4 Å². The highest BCUT2D eigenvalue weighted by molar-refractivity contribution is 5.74. The van der Waals surface area contributed by atoms with Crippen LogP contribution in [0.2, 0.25) is 0 Å². The van der Waals surface area contributed by atoms with Crippen molar-refractivity contribution >= 4 is 5.69 Å². The van der Waals surface area contributed by atoms with E-state index in [1.165, 1.54) is 0 Å². The number of aliphatic hydroxyl groups excluding tert-OH is 1. The van der Waals surface area contributed by atoms with Crippen LogP contribution in [-0.4, -0.2) is 27.0 Å². The first kappa shape index (κ1) is 16.0. The smallest absolute Gasteiger partial charge is 0.126 e. The number of aliphatic hydroxyl groups is 1. The second-order valence-electron chi connectivity index (χ2n) is 5.42. The van der Waals surface area contributed by atoms with Gasteiger partial charge in [-0.15, -0.1) is 0 Å². The number of nitrogens with one attached hydrogen (secondary N) is 1. The zero-order chi connectivity index (χ0) is 16.9. The Morgan fingerprint density at radius 3 is 2.79 bits per heavy atom. The van der Waals surface area contributed by atoms with Gasteiger partial charge in [0.1, 0.15) is 5.75 Å². The average Bonchev–Trinajstić information content (AvgIpc) is 3.09. The van der Waals surface area contributed by atoms with E-state index in [9.17, 15) is 0 Å². The maximum atomic E-state index is 9.11. The van der Waals surface area contributed by atoms with Gasteiger partial charge in [0.15, 0.2) is 0 Å². The molecule has 0 bridgehead atoms. The van der Waals surface area contributed by atoms with Gasteiger partial charge in [0.25, 0.3) is 0 Å². The molecule has 0 saturated heterocycles. The molecule has 0 amide bonds. The van der Waals surface area contributed by atoms with Gasteiger partial charge in [-0.1, -0.05) is 18.2 Å². The third-order valence-electron chi connectivity index (χ3n) is 3.78. The molecule has 0 aliphatic rings. The minimum Gasteiger partial charge on any atom is -0.496 e. The van der Waals surface area contributed by atoms with Gasteiger partial charge in [0.05, 0.1) is 31.4 Å². The van der Waals surface area contributed by atoms with Crippen LogP contribution in [0.15, 0.2) is 55.0 Å². The molecule has 0 unspecified atom stereocenters. The molecule has 3 rings (SSSR count). The van der Waals surface area contributed by atoms with Crippen LogP contribution in [0.3, 0.4) is 0 Å². The van der Waals surface area contributed by atoms with Crippen molar-refractivity contribution in [2.45, 2.75) is 13.2 Å². The molecule has 0 aliphatic heterocycles. The van der Waals surface area contributed by atoms with Gasteiger partial charge >= 0.3 is 0 Å². The van der Waals surface area contributed by atoms with Gasteiger partial charge in [-0.25, -0.2) is 4.98 Å². The number of rotatable bonds is 6. The van der Waals surface area contributed by atoms with E-state index in [1.54, 1.807) is 19.5 Å². The lowest BCUT2D eigenvalue weighted by atomic mass is 10.0. The van der Waals surface area contributed by atoms with E-state index in [4.69, 9.17) is 15.1 Å². The number of imidazole rings is 1. The maximum Gasteiger partial charge on any atom is 0.126 e. The highest BCUT2D eigenvalue weighted by Crippen LogP contribution is 2.32. The number of ether oxygens (including phenoxy) is 1. The summed E-state index contributed by atoms with van der Waals surface area (Å²) in [5.41, 5.74) is 6.38. The summed E-state index contributed by atoms with van der Waals surface area (Å²) in [5.74, 6) is 0.760. The molecule has 6 nitrogen and oxygen atoms in total. The zero-order valence-corrected chi connectivity index (χ0v) is 13.3. The molecule has 3 N–H and O–H groups in total. The SMILES string of the molecule is COc1ccc(Cn2cnc(CO)c2)cc1-c1cccc(NO)c1.